The van der Waals surface area contributed by atoms with Crippen molar-refractivity contribution < 1.29 is 4.92 Å². The highest BCUT2D eigenvalue weighted by molar-refractivity contribution is 5.60. The van der Waals surface area contributed by atoms with Crippen LogP contribution in [-0.2, 0) is 0 Å². The molecule has 18 heavy (non-hydrogen) atoms. The van der Waals surface area contributed by atoms with E-state index in [1.165, 1.54) is 18.9 Å². The van der Waals surface area contributed by atoms with Crippen molar-refractivity contribution in [1.82, 2.24) is 4.98 Å². The van der Waals surface area contributed by atoms with Crippen molar-refractivity contribution in [2.45, 2.75) is 38.6 Å². The number of rotatable bonds is 5. The Labute approximate surface area is 106 Å². The summed E-state index contributed by atoms with van der Waals surface area (Å²) in [7, 11) is 0. The van der Waals surface area contributed by atoms with E-state index in [1.54, 1.807) is 6.07 Å². The zero-order valence-electron chi connectivity index (χ0n) is 10.5. The highest BCUT2D eigenvalue weighted by atomic mass is 16.6. The lowest BCUT2D eigenvalue weighted by Crippen LogP contribution is -2.17. The molecule has 1 aromatic rings. The third kappa shape index (κ3) is 2.88. The first-order chi connectivity index (χ1) is 8.70. The quantitative estimate of drug-likeness (QED) is 0.620. The largest absolute Gasteiger partial charge is 0.370 e. The number of nitrogens with zero attached hydrogens (tertiary/aromatic N) is 2. The van der Waals surface area contributed by atoms with E-state index in [2.05, 4.69) is 15.6 Å². The molecule has 1 aliphatic carbocycles. The fourth-order valence-electron chi connectivity index (χ4n) is 2.25. The van der Waals surface area contributed by atoms with Gasteiger partial charge in [-0.1, -0.05) is 12.8 Å². The molecule has 1 saturated carbocycles. The zero-order valence-corrected chi connectivity index (χ0v) is 10.5. The second kappa shape index (κ2) is 5.66. The third-order valence-corrected chi connectivity index (χ3v) is 3.12. The number of anilines is 2. The molecule has 0 spiro atoms. The van der Waals surface area contributed by atoms with Gasteiger partial charge < -0.3 is 10.6 Å². The van der Waals surface area contributed by atoms with Crippen molar-refractivity contribution in [2.75, 3.05) is 17.2 Å². The molecule has 0 unspecified atom stereocenters. The van der Waals surface area contributed by atoms with E-state index in [0.717, 1.165) is 19.4 Å². The Kier molecular flexibility index (Phi) is 3.96. The molecule has 1 aromatic heterocycles. The Morgan fingerprint density at radius 3 is 2.78 bits per heavy atom. The van der Waals surface area contributed by atoms with Crippen LogP contribution in [0.15, 0.2) is 12.1 Å². The lowest BCUT2D eigenvalue weighted by Gasteiger charge is -2.13. The normalized spacial score (nSPS) is 15.6. The molecule has 6 heteroatoms. The molecule has 2 rings (SSSR count). The first-order valence-corrected chi connectivity index (χ1v) is 6.36. The van der Waals surface area contributed by atoms with Gasteiger partial charge in [-0.25, -0.2) is 4.98 Å². The van der Waals surface area contributed by atoms with Gasteiger partial charge in [0.2, 0.25) is 5.82 Å². The number of hydrogen-bond donors (Lipinski definition) is 2. The van der Waals surface area contributed by atoms with Gasteiger partial charge in [0.1, 0.15) is 5.82 Å². The first-order valence-electron chi connectivity index (χ1n) is 6.36. The molecule has 1 aliphatic rings. The highest BCUT2D eigenvalue weighted by Gasteiger charge is 2.21. The summed E-state index contributed by atoms with van der Waals surface area (Å²) in [5.41, 5.74) is 0.0450. The summed E-state index contributed by atoms with van der Waals surface area (Å²) >= 11 is 0. The van der Waals surface area contributed by atoms with Crippen LogP contribution in [0.2, 0.25) is 0 Å². The van der Waals surface area contributed by atoms with E-state index in [0.29, 0.717) is 17.7 Å². The maximum absolute atomic E-state index is 11.0. The molecule has 0 aromatic carbocycles. The van der Waals surface area contributed by atoms with E-state index < -0.39 is 0 Å². The van der Waals surface area contributed by atoms with Gasteiger partial charge in [-0.05, 0) is 25.8 Å². The molecule has 98 valence electrons. The maximum Gasteiger partial charge on any atom is 0.311 e. The topological polar surface area (TPSA) is 80.1 Å². The molecule has 0 bridgehead atoms. The van der Waals surface area contributed by atoms with Crippen LogP contribution in [0.4, 0.5) is 17.3 Å². The van der Waals surface area contributed by atoms with Gasteiger partial charge in [-0.2, -0.15) is 0 Å². The minimum Gasteiger partial charge on any atom is -0.370 e. The average molecular weight is 250 g/mol. The van der Waals surface area contributed by atoms with Gasteiger partial charge in [0.25, 0.3) is 0 Å². The van der Waals surface area contributed by atoms with Crippen molar-refractivity contribution in [3.8, 4) is 0 Å². The number of hydrogen-bond acceptors (Lipinski definition) is 5. The monoisotopic (exact) mass is 250 g/mol. The summed E-state index contributed by atoms with van der Waals surface area (Å²) < 4.78 is 0. The van der Waals surface area contributed by atoms with Gasteiger partial charge in [-0.15, -0.1) is 0 Å². The predicted molar refractivity (Wildman–Crippen MR) is 70.9 cm³/mol. The van der Waals surface area contributed by atoms with Crippen molar-refractivity contribution in [2.24, 2.45) is 0 Å². The second-order valence-electron chi connectivity index (χ2n) is 4.48. The van der Waals surface area contributed by atoms with Crippen LogP contribution in [0, 0.1) is 10.1 Å². The van der Waals surface area contributed by atoms with Gasteiger partial charge >= 0.3 is 5.69 Å². The molecule has 0 amide bonds. The van der Waals surface area contributed by atoms with Crippen LogP contribution in [-0.4, -0.2) is 22.5 Å². The molecule has 0 aliphatic heterocycles. The Bertz CT molecular complexity index is 430. The average Bonchev–Trinajstić information content (AvgIpc) is 2.82. The fourth-order valence-corrected chi connectivity index (χ4v) is 2.25. The van der Waals surface area contributed by atoms with Crippen LogP contribution in [0.3, 0.4) is 0 Å². The number of nitro groups is 1. The van der Waals surface area contributed by atoms with Crippen LogP contribution >= 0.6 is 0 Å². The fraction of sp³-hybridized carbons (Fsp3) is 0.583. The van der Waals surface area contributed by atoms with Gasteiger partial charge in [0.05, 0.1) is 4.92 Å². The Morgan fingerprint density at radius 2 is 2.17 bits per heavy atom. The summed E-state index contributed by atoms with van der Waals surface area (Å²) in [5.74, 6) is 1.05. The first kappa shape index (κ1) is 12.6. The minimum absolute atomic E-state index is 0.0450. The summed E-state index contributed by atoms with van der Waals surface area (Å²) in [4.78, 5) is 14.9. The van der Waals surface area contributed by atoms with Gasteiger partial charge in [-0.3, -0.25) is 10.1 Å². The maximum atomic E-state index is 11.0. The Balaban J connectivity index is 2.21. The summed E-state index contributed by atoms with van der Waals surface area (Å²) in [5, 5.41) is 17.2. The third-order valence-electron chi connectivity index (χ3n) is 3.12. The standard InChI is InChI=1S/C12H18N4O2/c1-2-13-11-8-7-10(16(17)18)12(15-11)14-9-5-3-4-6-9/h7-9H,2-6H2,1H3,(H2,13,14,15). The number of aromatic nitrogens is 1. The molecular formula is C12H18N4O2. The van der Waals surface area contributed by atoms with Crippen molar-refractivity contribution >= 4 is 17.3 Å². The van der Waals surface area contributed by atoms with E-state index >= 15 is 0 Å². The lowest BCUT2D eigenvalue weighted by atomic mass is 10.2. The van der Waals surface area contributed by atoms with Gasteiger partial charge in [0, 0.05) is 18.7 Å². The minimum atomic E-state index is -0.389. The van der Waals surface area contributed by atoms with Crippen molar-refractivity contribution in [1.29, 1.82) is 0 Å². The Hall–Kier alpha value is -1.85. The predicted octanol–water partition coefficient (Wildman–Crippen LogP) is 2.78. The molecule has 2 N–H and O–H groups in total. The molecule has 0 atom stereocenters. The second-order valence-corrected chi connectivity index (χ2v) is 4.48. The summed E-state index contributed by atoms with van der Waals surface area (Å²) in [6, 6.07) is 3.46. The van der Waals surface area contributed by atoms with E-state index in [4.69, 9.17) is 0 Å². The van der Waals surface area contributed by atoms with Gasteiger partial charge in [0.15, 0.2) is 0 Å². The van der Waals surface area contributed by atoms with Crippen LogP contribution in [0.1, 0.15) is 32.6 Å². The van der Waals surface area contributed by atoms with Crippen LogP contribution < -0.4 is 10.6 Å². The summed E-state index contributed by atoms with van der Waals surface area (Å²) in [6.45, 7) is 2.71. The smallest absolute Gasteiger partial charge is 0.311 e. The van der Waals surface area contributed by atoms with E-state index in [9.17, 15) is 10.1 Å². The zero-order chi connectivity index (χ0) is 13.0. The Morgan fingerprint density at radius 1 is 1.44 bits per heavy atom. The van der Waals surface area contributed by atoms with E-state index in [-0.39, 0.29) is 10.6 Å². The summed E-state index contributed by atoms with van der Waals surface area (Å²) in [6.07, 6.45) is 4.48. The molecular weight excluding hydrogens is 232 g/mol. The van der Waals surface area contributed by atoms with E-state index in [1.807, 2.05) is 6.92 Å². The lowest BCUT2D eigenvalue weighted by molar-refractivity contribution is -0.384. The highest BCUT2D eigenvalue weighted by Crippen LogP contribution is 2.28. The molecule has 6 nitrogen and oxygen atoms in total. The van der Waals surface area contributed by atoms with Crippen LogP contribution in [0.5, 0.6) is 0 Å². The molecule has 1 heterocycles. The molecule has 0 saturated heterocycles. The molecule has 0 radical (unpaired) electrons. The van der Waals surface area contributed by atoms with Crippen molar-refractivity contribution in [3.05, 3.63) is 22.2 Å². The van der Waals surface area contributed by atoms with Crippen molar-refractivity contribution in [3.63, 3.8) is 0 Å². The number of nitrogens with one attached hydrogen (secondary N) is 2. The number of pyridine rings is 1. The molecule has 1 fully saturated rings. The SMILES string of the molecule is CCNc1ccc([N+](=O)[O-])c(NC2CCCC2)n1. The van der Waals surface area contributed by atoms with Crippen LogP contribution in [0.25, 0.3) is 0 Å².